The normalized spacial score (nSPS) is 13.4. The SMILES string of the molecule is CC(Cc1ccc(O)c(O)c1)(NN)C(=O)OCCCC(=O)O. The molecule has 0 saturated carbocycles. The van der Waals surface area contributed by atoms with Gasteiger partial charge in [0.05, 0.1) is 6.61 Å². The van der Waals surface area contributed by atoms with Crippen molar-refractivity contribution in [2.24, 2.45) is 5.84 Å². The fourth-order valence-electron chi connectivity index (χ4n) is 1.82. The molecule has 0 fully saturated rings. The van der Waals surface area contributed by atoms with E-state index in [2.05, 4.69) is 5.43 Å². The molecule has 1 aromatic rings. The van der Waals surface area contributed by atoms with Gasteiger partial charge in [0, 0.05) is 12.8 Å². The number of hydrazine groups is 1. The predicted molar refractivity (Wildman–Crippen MR) is 77.0 cm³/mol. The number of nitrogens with two attached hydrogens (primary N) is 1. The van der Waals surface area contributed by atoms with Crippen LogP contribution >= 0.6 is 0 Å². The highest BCUT2D eigenvalue weighted by atomic mass is 16.5. The summed E-state index contributed by atoms with van der Waals surface area (Å²) in [5.41, 5.74) is 1.70. The second-order valence-electron chi connectivity index (χ2n) is 5.11. The van der Waals surface area contributed by atoms with E-state index in [9.17, 15) is 19.8 Å². The first-order valence-electron chi connectivity index (χ1n) is 6.66. The van der Waals surface area contributed by atoms with Crippen molar-refractivity contribution in [3.05, 3.63) is 23.8 Å². The highest BCUT2D eigenvalue weighted by Gasteiger charge is 2.34. The van der Waals surface area contributed by atoms with Gasteiger partial charge < -0.3 is 20.1 Å². The van der Waals surface area contributed by atoms with Crippen molar-refractivity contribution in [3.8, 4) is 11.5 Å². The number of carbonyl (C=O) groups excluding carboxylic acids is 1. The van der Waals surface area contributed by atoms with Gasteiger partial charge in [0.2, 0.25) is 0 Å². The van der Waals surface area contributed by atoms with Crippen molar-refractivity contribution in [2.75, 3.05) is 6.61 Å². The first-order valence-corrected chi connectivity index (χ1v) is 6.66. The number of hydrogen-bond acceptors (Lipinski definition) is 7. The quantitative estimate of drug-likeness (QED) is 0.151. The number of carboxylic acids is 1. The molecule has 0 spiro atoms. The average Bonchev–Trinajstić information content (AvgIpc) is 2.46. The van der Waals surface area contributed by atoms with Crippen molar-refractivity contribution in [1.82, 2.24) is 5.43 Å². The van der Waals surface area contributed by atoms with Gasteiger partial charge in [-0.1, -0.05) is 6.07 Å². The summed E-state index contributed by atoms with van der Waals surface area (Å²) < 4.78 is 5.02. The van der Waals surface area contributed by atoms with Crippen molar-refractivity contribution in [2.45, 2.75) is 31.7 Å². The van der Waals surface area contributed by atoms with Gasteiger partial charge in [-0.2, -0.15) is 0 Å². The van der Waals surface area contributed by atoms with Crippen LogP contribution in [0.2, 0.25) is 0 Å². The molecule has 0 heterocycles. The summed E-state index contributed by atoms with van der Waals surface area (Å²) in [4.78, 5) is 22.5. The monoisotopic (exact) mass is 312 g/mol. The van der Waals surface area contributed by atoms with Crippen LogP contribution in [0.15, 0.2) is 18.2 Å². The van der Waals surface area contributed by atoms with E-state index in [0.717, 1.165) is 0 Å². The third-order valence-corrected chi connectivity index (χ3v) is 3.13. The van der Waals surface area contributed by atoms with Gasteiger partial charge in [0.15, 0.2) is 11.5 Å². The molecule has 1 atom stereocenters. The zero-order valence-electron chi connectivity index (χ0n) is 12.2. The Labute approximate surface area is 127 Å². The van der Waals surface area contributed by atoms with Crippen LogP contribution in [0.25, 0.3) is 0 Å². The van der Waals surface area contributed by atoms with E-state index in [1.165, 1.54) is 19.1 Å². The van der Waals surface area contributed by atoms with E-state index in [4.69, 9.17) is 15.7 Å². The number of rotatable bonds is 8. The number of hydrogen-bond donors (Lipinski definition) is 5. The van der Waals surface area contributed by atoms with E-state index in [-0.39, 0.29) is 37.4 Å². The number of phenols is 2. The van der Waals surface area contributed by atoms with E-state index < -0.39 is 17.5 Å². The zero-order chi connectivity index (χ0) is 16.8. The second-order valence-corrected chi connectivity index (χ2v) is 5.11. The van der Waals surface area contributed by atoms with E-state index >= 15 is 0 Å². The van der Waals surface area contributed by atoms with Crippen LogP contribution in [-0.2, 0) is 20.7 Å². The van der Waals surface area contributed by atoms with Crippen LogP contribution in [0, 0.1) is 0 Å². The van der Waals surface area contributed by atoms with Crippen LogP contribution in [0.4, 0.5) is 0 Å². The topological polar surface area (TPSA) is 142 Å². The van der Waals surface area contributed by atoms with Crippen LogP contribution in [0.5, 0.6) is 11.5 Å². The molecule has 0 aliphatic rings. The summed E-state index contributed by atoms with van der Waals surface area (Å²) in [6, 6.07) is 4.17. The number of phenolic OH excluding ortho intramolecular Hbond substituents is 2. The molecule has 0 aliphatic heterocycles. The fraction of sp³-hybridized carbons (Fsp3) is 0.429. The van der Waals surface area contributed by atoms with Gasteiger partial charge in [-0.15, -0.1) is 0 Å². The summed E-state index contributed by atoms with van der Waals surface area (Å²) in [6.45, 7) is 1.50. The maximum Gasteiger partial charge on any atom is 0.327 e. The van der Waals surface area contributed by atoms with E-state index in [1.54, 1.807) is 6.07 Å². The number of carbonyl (C=O) groups is 2. The Balaban J connectivity index is 2.67. The summed E-state index contributed by atoms with van der Waals surface area (Å²) in [5.74, 6) is 3.26. The van der Waals surface area contributed by atoms with Crippen molar-refractivity contribution in [3.63, 3.8) is 0 Å². The molecule has 0 aromatic heterocycles. The standard InChI is InChI=1S/C14H20N2O6/c1-14(16-15,13(21)22-6-2-3-12(19)20)8-9-4-5-10(17)11(18)7-9/h4-5,7,16-18H,2-3,6,8,15H2,1H3,(H,19,20). The minimum atomic E-state index is -1.24. The molecule has 0 bridgehead atoms. The molecule has 1 aromatic carbocycles. The summed E-state index contributed by atoms with van der Waals surface area (Å²) in [6.07, 6.45) is 0.239. The molecule has 1 rings (SSSR count). The van der Waals surface area contributed by atoms with Gasteiger partial charge in [-0.05, 0) is 31.0 Å². The molecule has 122 valence electrons. The summed E-state index contributed by atoms with van der Waals surface area (Å²) in [5, 5.41) is 27.2. The lowest BCUT2D eigenvalue weighted by molar-refractivity contribution is -0.152. The maximum atomic E-state index is 12.1. The van der Waals surface area contributed by atoms with Gasteiger partial charge in [-0.3, -0.25) is 10.6 Å². The molecule has 8 heteroatoms. The summed E-state index contributed by atoms with van der Waals surface area (Å²) >= 11 is 0. The minimum Gasteiger partial charge on any atom is -0.504 e. The predicted octanol–water partition coefficient (Wildman–Crippen LogP) is 0.270. The van der Waals surface area contributed by atoms with Crippen LogP contribution in [0.3, 0.4) is 0 Å². The Morgan fingerprint density at radius 2 is 2.00 bits per heavy atom. The number of nitrogens with one attached hydrogen (secondary N) is 1. The number of aliphatic carboxylic acids is 1. The summed E-state index contributed by atoms with van der Waals surface area (Å²) in [7, 11) is 0. The molecular weight excluding hydrogens is 292 g/mol. The number of aromatic hydroxyl groups is 2. The Morgan fingerprint density at radius 1 is 1.32 bits per heavy atom. The Hall–Kier alpha value is -2.32. The first-order chi connectivity index (χ1) is 10.3. The lowest BCUT2D eigenvalue weighted by Crippen LogP contribution is -2.55. The molecule has 8 nitrogen and oxygen atoms in total. The Kier molecular flexibility index (Phi) is 6.14. The highest BCUT2D eigenvalue weighted by molar-refractivity contribution is 5.80. The van der Waals surface area contributed by atoms with Crippen molar-refractivity contribution >= 4 is 11.9 Å². The number of esters is 1. The molecular formula is C14H20N2O6. The highest BCUT2D eigenvalue weighted by Crippen LogP contribution is 2.27. The van der Waals surface area contributed by atoms with Gasteiger partial charge >= 0.3 is 11.9 Å². The fourth-order valence-corrected chi connectivity index (χ4v) is 1.82. The van der Waals surface area contributed by atoms with Gasteiger partial charge in [0.1, 0.15) is 5.54 Å². The lowest BCUT2D eigenvalue weighted by Gasteiger charge is -2.26. The first kappa shape index (κ1) is 17.7. The molecule has 1 unspecified atom stereocenters. The molecule has 0 saturated heterocycles. The molecule has 22 heavy (non-hydrogen) atoms. The number of carboxylic acid groups (broad SMARTS) is 1. The zero-order valence-corrected chi connectivity index (χ0v) is 12.2. The van der Waals surface area contributed by atoms with E-state index in [1.807, 2.05) is 0 Å². The average molecular weight is 312 g/mol. The van der Waals surface area contributed by atoms with Crippen molar-refractivity contribution < 1.29 is 29.6 Å². The van der Waals surface area contributed by atoms with Gasteiger partial charge in [0.25, 0.3) is 0 Å². The molecule has 6 N–H and O–H groups in total. The van der Waals surface area contributed by atoms with Crippen LogP contribution in [0.1, 0.15) is 25.3 Å². The molecule has 0 aliphatic carbocycles. The van der Waals surface area contributed by atoms with Crippen molar-refractivity contribution in [1.29, 1.82) is 0 Å². The Bertz CT molecular complexity index is 548. The largest absolute Gasteiger partial charge is 0.504 e. The van der Waals surface area contributed by atoms with Gasteiger partial charge in [-0.25, -0.2) is 10.2 Å². The number of benzene rings is 1. The van der Waals surface area contributed by atoms with Crippen LogP contribution < -0.4 is 11.3 Å². The molecule has 0 amide bonds. The molecule has 0 radical (unpaired) electrons. The number of ether oxygens (including phenoxy) is 1. The smallest absolute Gasteiger partial charge is 0.327 e. The minimum absolute atomic E-state index is 0.0246. The third-order valence-electron chi connectivity index (χ3n) is 3.13. The second kappa shape index (κ2) is 7.62. The van der Waals surface area contributed by atoms with E-state index in [0.29, 0.717) is 5.56 Å². The maximum absolute atomic E-state index is 12.1. The Morgan fingerprint density at radius 3 is 2.55 bits per heavy atom. The van der Waals surface area contributed by atoms with Crippen LogP contribution in [-0.4, -0.2) is 39.4 Å². The lowest BCUT2D eigenvalue weighted by atomic mass is 9.93. The third kappa shape index (κ3) is 4.90.